The van der Waals surface area contributed by atoms with Crippen molar-refractivity contribution in [1.82, 2.24) is 5.32 Å². The Bertz CT molecular complexity index is 1540. The quantitative estimate of drug-likeness (QED) is 0.0480. The number of carbonyl (C=O) groups is 6. The second kappa shape index (κ2) is 19.6. The van der Waals surface area contributed by atoms with Crippen molar-refractivity contribution in [3.05, 3.63) is 22.8 Å². The highest BCUT2D eigenvalue weighted by atomic mass is 16.6. The number of nitrogens with two attached hydrogens (primary N) is 1. The van der Waals surface area contributed by atoms with Crippen LogP contribution >= 0.6 is 0 Å². The number of fused-ring (bicyclic) bond motifs is 3. The molecule has 15 heteroatoms. The molecule has 2 fully saturated rings. The number of unbranched alkanes of at least 4 members (excludes halogenated alkanes) is 6. The lowest BCUT2D eigenvalue weighted by Crippen LogP contribution is -2.64. The number of ether oxygens (including phenoxy) is 5. The lowest BCUT2D eigenvalue weighted by molar-refractivity contribution is -0.212. The van der Waals surface area contributed by atoms with E-state index in [1.165, 1.54) is 6.92 Å². The van der Waals surface area contributed by atoms with Gasteiger partial charge in [-0.2, -0.15) is 0 Å². The number of amides is 1. The summed E-state index contributed by atoms with van der Waals surface area (Å²) in [5, 5.41) is 27.1. The number of hydrogen-bond acceptors (Lipinski definition) is 14. The van der Waals surface area contributed by atoms with Crippen LogP contribution in [0.2, 0.25) is 0 Å². The van der Waals surface area contributed by atoms with Gasteiger partial charge in [0.1, 0.15) is 11.7 Å². The van der Waals surface area contributed by atoms with Crippen molar-refractivity contribution in [3.8, 4) is 0 Å². The lowest BCUT2D eigenvalue weighted by Gasteiger charge is -2.41. The molecule has 0 spiro atoms. The first kappa shape index (κ1) is 46.6. The molecule has 1 heterocycles. The number of rotatable bonds is 19. The minimum absolute atomic E-state index is 0.0237. The van der Waals surface area contributed by atoms with Crippen molar-refractivity contribution in [2.45, 2.75) is 180 Å². The second-order valence-electron chi connectivity index (χ2n) is 16.2. The number of allylic oxidation sites excluding steroid dienone is 1. The van der Waals surface area contributed by atoms with Crippen molar-refractivity contribution in [2.24, 2.45) is 17.6 Å². The van der Waals surface area contributed by atoms with Crippen molar-refractivity contribution in [3.63, 3.8) is 0 Å². The van der Waals surface area contributed by atoms with Gasteiger partial charge in [-0.1, -0.05) is 59.0 Å². The molecule has 0 aromatic heterocycles. The number of nitrogens with one attached hydrogen (secondary N) is 1. The molecule has 3 aliphatic rings. The Balaban J connectivity index is 2.01. The van der Waals surface area contributed by atoms with Gasteiger partial charge in [-0.25, -0.2) is 9.59 Å². The number of hydrogen-bond donors (Lipinski definition) is 4. The maximum atomic E-state index is 13.5. The van der Waals surface area contributed by atoms with Crippen LogP contribution in [0, 0.1) is 11.8 Å². The highest BCUT2D eigenvalue weighted by Crippen LogP contribution is 2.57. The molecule has 0 unspecified atom stereocenters. The maximum absolute atomic E-state index is 13.5. The van der Waals surface area contributed by atoms with E-state index in [4.69, 9.17) is 29.4 Å². The molecule has 1 amide bonds. The molecule has 1 aliphatic heterocycles. The first-order chi connectivity index (χ1) is 26.2. The summed E-state index contributed by atoms with van der Waals surface area (Å²) >= 11 is 0. The number of aliphatic hydroxyl groups is 2. The smallest absolute Gasteiger partial charge is 0.341 e. The van der Waals surface area contributed by atoms with Crippen molar-refractivity contribution < 1.29 is 62.7 Å². The average molecular weight is 793 g/mol. The van der Waals surface area contributed by atoms with E-state index in [9.17, 15) is 39.0 Å². The topological polar surface area (TPSA) is 227 Å². The average Bonchev–Trinajstić information content (AvgIpc) is 3.45. The molecule has 0 bridgehead atoms. The zero-order valence-corrected chi connectivity index (χ0v) is 34.6. The van der Waals surface area contributed by atoms with Gasteiger partial charge >= 0.3 is 29.8 Å². The summed E-state index contributed by atoms with van der Waals surface area (Å²) in [7, 11) is 0. The highest BCUT2D eigenvalue weighted by Gasteiger charge is 2.76. The third-order valence-corrected chi connectivity index (χ3v) is 11.4. The Labute approximate surface area is 330 Å². The predicted molar refractivity (Wildman–Crippen MR) is 203 cm³/mol. The van der Waals surface area contributed by atoms with Crippen LogP contribution in [-0.2, 0) is 52.5 Å². The van der Waals surface area contributed by atoms with Crippen LogP contribution in [0.4, 0.5) is 0 Å². The van der Waals surface area contributed by atoms with Crippen molar-refractivity contribution in [2.75, 3.05) is 6.54 Å². The molecule has 0 aromatic rings. The van der Waals surface area contributed by atoms with Crippen LogP contribution in [0.25, 0.3) is 0 Å². The Morgan fingerprint density at radius 1 is 0.946 bits per heavy atom. The van der Waals surface area contributed by atoms with Crippen LogP contribution in [0.1, 0.15) is 133 Å². The Morgan fingerprint density at radius 2 is 1.54 bits per heavy atom. The summed E-state index contributed by atoms with van der Waals surface area (Å²) in [6.45, 7) is 14.6. The van der Waals surface area contributed by atoms with E-state index in [0.717, 1.165) is 39.5 Å². The molecule has 15 nitrogen and oxygen atoms in total. The molecule has 2 aliphatic carbocycles. The normalized spacial score (nSPS) is 30.5. The molecule has 3 rings (SSSR count). The Kier molecular flexibility index (Phi) is 16.3. The van der Waals surface area contributed by atoms with Gasteiger partial charge in [-0.3, -0.25) is 19.2 Å². The van der Waals surface area contributed by atoms with Crippen LogP contribution in [-0.4, -0.2) is 99.8 Å². The molecular weight excluding hydrogens is 728 g/mol. The monoisotopic (exact) mass is 792 g/mol. The zero-order valence-electron chi connectivity index (χ0n) is 34.6. The van der Waals surface area contributed by atoms with Crippen molar-refractivity contribution >= 4 is 35.8 Å². The third kappa shape index (κ3) is 10.2. The fraction of sp³-hybridized carbons (Fsp3) is 0.756. The van der Waals surface area contributed by atoms with Gasteiger partial charge in [0, 0.05) is 38.3 Å². The van der Waals surface area contributed by atoms with Gasteiger partial charge in [0.15, 0.2) is 29.5 Å². The van der Waals surface area contributed by atoms with Crippen LogP contribution in [0.3, 0.4) is 0 Å². The molecule has 0 aromatic carbocycles. The van der Waals surface area contributed by atoms with Gasteiger partial charge in [-0.05, 0) is 70.9 Å². The SMILES string of the molecule is CC=C(C)C(=O)O[C@H]1C(C)=C2[C@H]([C@@H]1OC(=O)CCCCCCC)[C@@](C)(OC(C)=O)C[C@H](OC(=O)CCCCCNC(=O)[C@@H](N)C(C)C)[C@@]1(O)[C@H]2OC(=O)[C@@]1(C)O. The highest BCUT2D eigenvalue weighted by molar-refractivity contribution is 5.88. The second-order valence-corrected chi connectivity index (χ2v) is 16.2. The summed E-state index contributed by atoms with van der Waals surface area (Å²) in [5.74, 6) is -5.54. The fourth-order valence-corrected chi connectivity index (χ4v) is 7.90. The minimum Gasteiger partial charge on any atom is -0.459 e. The van der Waals surface area contributed by atoms with E-state index in [2.05, 4.69) is 12.2 Å². The standard InChI is InChI=1S/C41H64N2O13/c1-10-12-13-14-16-20-29(46)53-34-31-30(25(6)33(34)54-37(48)24(5)11-2)35-41(51,40(9,50)38(49)55-35)27(22-39(31,8)56-26(7)44)52-28(45)19-17-15-18-21-43-36(47)32(42)23(3)4/h11,23,27,31-35,50-51H,10,12-22,42H2,1-9H3,(H,43,47)/t27-,31+,32-,33-,34-,35-,39-,40+,41+/m0/s1. The number of carbonyl (C=O) groups excluding carboxylic acids is 6. The Hall–Kier alpha value is -3.82. The summed E-state index contributed by atoms with van der Waals surface area (Å²) in [5.41, 5.74) is -0.526. The summed E-state index contributed by atoms with van der Waals surface area (Å²) in [4.78, 5) is 78.6. The molecular formula is C41H64N2O13. The molecule has 5 N–H and O–H groups in total. The van der Waals surface area contributed by atoms with Gasteiger partial charge < -0.3 is 44.9 Å². The lowest BCUT2D eigenvalue weighted by atomic mass is 9.75. The first-order valence-corrected chi connectivity index (χ1v) is 20.0. The zero-order chi connectivity index (χ0) is 42.2. The molecule has 1 saturated heterocycles. The van der Waals surface area contributed by atoms with Crippen LogP contribution in [0.5, 0.6) is 0 Å². The van der Waals surface area contributed by atoms with E-state index in [-0.39, 0.29) is 41.4 Å². The van der Waals surface area contributed by atoms with Gasteiger partial charge in [0.2, 0.25) is 5.91 Å². The summed E-state index contributed by atoms with van der Waals surface area (Å²) < 4.78 is 29.7. The largest absolute Gasteiger partial charge is 0.459 e. The summed E-state index contributed by atoms with van der Waals surface area (Å²) in [6, 6.07) is -0.634. The van der Waals surface area contributed by atoms with E-state index < -0.39 is 89.4 Å². The number of esters is 5. The Morgan fingerprint density at radius 3 is 2.11 bits per heavy atom. The van der Waals surface area contributed by atoms with Crippen LogP contribution in [0.15, 0.2) is 22.8 Å². The third-order valence-electron chi connectivity index (χ3n) is 11.4. The maximum Gasteiger partial charge on any atom is 0.341 e. The van der Waals surface area contributed by atoms with E-state index >= 15 is 0 Å². The van der Waals surface area contributed by atoms with Crippen LogP contribution < -0.4 is 11.1 Å². The molecule has 0 radical (unpaired) electrons. The van der Waals surface area contributed by atoms with Gasteiger partial charge in [0.05, 0.1) is 12.0 Å². The molecule has 316 valence electrons. The van der Waals surface area contributed by atoms with E-state index in [0.29, 0.717) is 32.2 Å². The predicted octanol–water partition coefficient (Wildman–Crippen LogP) is 3.79. The van der Waals surface area contributed by atoms with E-state index in [1.54, 1.807) is 26.8 Å². The molecule has 56 heavy (non-hydrogen) atoms. The minimum atomic E-state index is -2.64. The van der Waals surface area contributed by atoms with Gasteiger partial charge in [0.25, 0.3) is 0 Å². The fourth-order valence-electron chi connectivity index (χ4n) is 7.90. The molecule has 1 saturated carbocycles. The first-order valence-electron chi connectivity index (χ1n) is 20.0. The van der Waals surface area contributed by atoms with Crippen molar-refractivity contribution in [1.29, 1.82) is 0 Å². The summed E-state index contributed by atoms with van der Waals surface area (Å²) in [6.07, 6.45) is 0.750. The van der Waals surface area contributed by atoms with Gasteiger partial charge in [-0.15, -0.1) is 0 Å². The molecule has 9 atom stereocenters. The van der Waals surface area contributed by atoms with E-state index in [1.807, 2.05) is 13.8 Å².